The van der Waals surface area contributed by atoms with Crippen molar-refractivity contribution in [2.75, 3.05) is 12.8 Å². The van der Waals surface area contributed by atoms with Gasteiger partial charge in [-0.2, -0.15) is 9.30 Å². The number of hydrogen-bond donors (Lipinski definition) is 0. The monoisotopic (exact) mass is 371 g/mol. The van der Waals surface area contributed by atoms with Crippen LogP contribution in [-0.2, 0) is 21.4 Å². The Labute approximate surface area is 143 Å². The molecule has 0 spiro atoms. The Balaban J connectivity index is 2.05. The number of fused-ring (bicyclic) bond motifs is 1. The van der Waals surface area contributed by atoms with Crippen molar-refractivity contribution in [1.29, 1.82) is 0 Å². The molecule has 1 amide bonds. The maximum atomic E-state index is 13.4. The van der Waals surface area contributed by atoms with Crippen LogP contribution >= 0.6 is 11.3 Å². The maximum absolute atomic E-state index is 13.4. The summed E-state index contributed by atoms with van der Waals surface area (Å²) in [5, 5.41) is 0. The predicted molar refractivity (Wildman–Crippen MR) is 90.6 cm³/mol. The molecule has 1 aromatic heterocycles. The first kappa shape index (κ1) is 17.2. The number of thiazole rings is 1. The lowest BCUT2D eigenvalue weighted by Gasteiger charge is -2.18. The van der Waals surface area contributed by atoms with Gasteiger partial charge in [0, 0.05) is 13.1 Å². The molecule has 1 unspecified atom stereocenters. The molecular formula is C15H18FN3O3S2. The van der Waals surface area contributed by atoms with Crippen molar-refractivity contribution in [3.8, 4) is 0 Å². The molecule has 1 saturated heterocycles. The summed E-state index contributed by atoms with van der Waals surface area (Å²) < 4.78 is 40.7. The van der Waals surface area contributed by atoms with Crippen LogP contribution < -0.4 is 4.80 Å². The normalized spacial score (nSPS) is 20.1. The lowest BCUT2D eigenvalue weighted by atomic mass is 10.2. The topological polar surface area (TPSA) is 71.7 Å². The van der Waals surface area contributed by atoms with E-state index in [0.29, 0.717) is 35.4 Å². The number of carbonyl (C=O) groups is 1. The van der Waals surface area contributed by atoms with Gasteiger partial charge in [0.1, 0.15) is 11.9 Å². The molecule has 9 heteroatoms. The van der Waals surface area contributed by atoms with Gasteiger partial charge in [0.2, 0.25) is 10.0 Å². The highest BCUT2D eigenvalue weighted by molar-refractivity contribution is 7.88. The Kier molecular flexibility index (Phi) is 4.58. The molecule has 1 fully saturated rings. The van der Waals surface area contributed by atoms with Gasteiger partial charge in [-0.25, -0.2) is 12.8 Å². The fourth-order valence-corrected chi connectivity index (χ4v) is 5.23. The third-order valence-electron chi connectivity index (χ3n) is 4.08. The van der Waals surface area contributed by atoms with E-state index in [4.69, 9.17) is 0 Å². The molecule has 1 aromatic carbocycles. The van der Waals surface area contributed by atoms with Gasteiger partial charge in [0.25, 0.3) is 5.91 Å². The Bertz CT molecular complexity index is 962. The molecule has 0 bridgehead atoms. The van der Waals surface area contributed by atoms with Crippen LogP contribution in [0.3, 0.4) is 0 Å². The van der Waals surface area contributed by atoms with Gasteiger partial charge in [-0.15, -0.1) is 0 Å². The number of halogens is 1. The number of carbonyl (C=O) groups excluding carboxylic acids is 1. The van der Waals surface area contributed by atoms with E-state index < -0.39 is 22.0 Å². The third kappa shape index (κ3) is 3.15. The van der Waals surface area contributed by atoms with Gasteiger partial charge in [0.05, 0.1) is 16.5 Å². The molecule has 130 valence electrons. The summed E-state index contributed by atoms with van der Waals surface area (Å²) >= 11 is 1.23. The fourth-order valence-electron chi connectivity index (χ4n) is 2.99. The molecule has 6 nitrogen and oxygen atoms in total. The Hall–Kier alpha value is -1.58. The number of benzene rings is 1. The van der Waals surface area contributed by atoms with Crippen LogP contribution in [0.5, 0.6) is 0 Å². The van der Waals surface area contributed by atoms with Crippen molar-refractivity contribution >= 4 is 37.5 Å². The maximum Gasteiger partial charge on any atom is 0.266 e. The Morgan fingerprint density at radius 1 is 1.46 bits per heavy atom. The number of hydrogen-bond acceptors (Lipinski definition) is 4. The second-order valence-corrected chi connectivity index (χ2v) is 8.67. The first-order valence-electron chi connectivity index (χ1n) is 7.65. The van der Waals surface area contributed by atoms with Crippen LogP contribution in [0.15, 0.2) is 23.2 Å². The summed E-state index contributed by atoms with van der Waals surface area (Å²) in [5.74, 6) is -0.809. The first-order valence-corrected chi connectivity index (χ1v) is 10.3. The summed E-state index contributed by atoms with van der Waals surface area (Å²) in [6.07, 6.45) is 2.22. The van der Waals surface area contributed by atoms with Crippen molar-refractivity contribution in [3.63, 3.8) is 0 Å². The highest BCUT2D eigenvalue weighted by Crippen LogP contribution is 2.22. The van der Waals surface area contributed by atoms with E-state index in [-0.39, 0.29) is 5.82 Å². The van der Waals surface area contributed by atoms with E-state index in [1.165, 1.54) is 27.8 Å². The average Bonchev–Trinajstić information content (AvgIpc) is 3.10. The minimum Gasteiger partial charge on any atom is -0.317 e. The van der Waals surface area contributed by atoms with E-state index in [1.54, 1.807) is 6.07 Å². The molecule has 2 heterocycles. The second-order valence-electron chi connectivity index (χ2n) is 5.72. The Morgan fingerprint density at radius 3 is 2.88 bits per heavy atom. The molecule has 24 heavy (non-hydrogen) atoms. The highest BCUT2D eigenvalue weighted by atomic mass is 32.2. The average molecular weight is 371 g/mol. The van der Waals surface area contributed by atoms with Gasteiger partial charge in [0.15, 0.2) is 4.80 Å². The SMILES string of the molecule is CCn1c(=NC(=O)C2CCCN2S(C)(=O)=O)sc2cc(F)ccc21. The number of sulfonamides is 1. The molecule has 0 radical (unpaired) electrons. The number of aryl methyl sites for hydroxylation is 1. The van der Waals surface area contributed by atoms with Crippen LogP contribution in [0, 0.1) is 5.82 Å². The number of nitrogens with zero attached hydrogens (tertiary/aromatic N) is 3. The van der Waals surface area contributed by atoms with E-state index in [1.807, 2.05) is 11.5 Å². The molecular weight excluding hydrogens is 353 g/mol. The lowest BCUT2D eigenvalue weighted by Crippen LogP contribution is -2.39. The van der Waals surface area contributed by atoms with Crippen LogP contribution in [0.4, 0.5) is 4.39 Å². The summed E-state index contributed by atoms with van der Waals surface area (Å²) in [6.45, 7) is 2.84. The molecule has 0 aliphatic carbocycles. The molecule has 0 saturated carbocycles. The first-order chi connectivity index (χ1) is 11.3. The van der Waals surface area contributed by atoms with Gasteiger partial charge < -0.3 is 4.57 Å². The zero-order valence-corrected chi connectivity index (χ0v) is 15.0. The van der Waals surface area contributed by atoms with Crippen LogP contribution in [0.25, 0.3) is 10.2 Å². The molecule has 3 rings (SSSR count). The summed E-state index contributed by atoms with van der Waals surface area (Å²) in [5.41, 5.74) is 0.807. The van der Waals surface area contributed by atoms with Gasteiger partial charge >= 0.3 is 0 Å². The summed E-state index contributed by atoms with van der Waals surface area (Å²) in [7, 11) is -3.44. The molecule has 2 aromatic rings. The van der Waals surface area contributed by atoms with E-state index >= 15 is 0 Å². The zero-order valence-electron chi connectivity index (χ0n) is 13.4. The minimum atomic E-state index is -3.44. The van der Waals surface area contributed by atoms with E-state index in [0.717, 1.165) is 11.8 Å². The number of aromatic nitrogens is 1. The molecule has 1 aliphatic rings. The van der Waals surface area contributed by atoms with E-state index in [2.05, 4.69) is 4.99 Å². The van der Waals surface area contributed by atoms with Crippen LogP contribution in [0.2, 0.25) is 0 Å². The zero-order chi connectivity index (χ0) is 17.5. The van der Waals surface area contributed by atoms with Crippen molar-refractivity contribution in [1.82, 2.24) is 8.87 Å². The van der Waals surface area contributed by atoms with Crippen molar-refractivity contribution in [2.45, 2.75) is 32.4 Å². The number of amides is 1. The van der Waals surface area contributed by atoms with Crippen LogP contribution in [-0.4, -0.2) is 42.0 Å². The van der Waals surface area contributed by atoms with Crippen LogP contribution in [0.1, 0.15) is 19.8 Å². The van der Waals surface area contributed by atoms with Gasteiger partial charge in [-0.3, -0.25) is 4.79 Å². The largest absolute Gasteiger partial charge is 0.317 e. The molecule has 0 N–H and O–H groups in total. The predicted octanol–water partition coefficient (Wildman–Crippen LogP) is 1.71. The minimum absolute atomic E-state index is 0.343. The highest BCUT2D eigenvalue weighted by Gasteiger charge is 2.36. The smallest absolute Gasteiger partial charge is 0.266 e. The quantitative estimate of drug-likeness (QED) is 0.825. The molecule has 1 aliphatic heterocycles. The second kappa shape index (κ2) is 6.38. The van der Waals surface area contributed by atoms with Gasteiger partial charge in [-0.1, -0.05) is 11.3 Å². The Morgan fingerprint density at radius 2 is 2.21 bits per heavy atom. The standard InChI is InChI=1S/C15H18FN3O3S2/c1-3-18-11-7-6-10(16)9-13(11)23-15(18)17-14(20)12-5-4-8-19(12)24(2,21)22/h6-7,9,12H,3-5,8H2,1-2H3. The third-order valence-corrected chi connectivity index (χ3v) is 6.41. The van der Waals surface area contributed by atoms with Crippen molar-refractivity contribution in [3.05, 3.63) is 28.8 Å². The van der Waals surface area contributed by atoms with Crippen molar-refractivity contribution in [2.24, 2.45) is 4.99 Å². The fraction of sp³-hybridized carbons (Fsp3) is 0.467. The van der Waals surface area contributed by atoms with E-state index in [9.17, 15) is 17.6 Å². The summed E-state index contributed by atoms with van der Waals surface area (Å²) in [6, 6.07) is 3.70. The number of rotatable bonds is 3. The van der Waals surface area contributed by atoms with Gasteiger partial charge in [-0.05, 0) is 38.0 Å². The molecule has 1 atom stereocenters. The lowest BCUT2D eigenvalue weighted by molar-refractivity contribution is -0.121. The summed E-state index contributed by atoms with van der Waals surface area (Å²) in [4.78, 5) is 17.1. The van der Waals surface area contributed by atoms with Crippen molar-refractivity contribution < 1.29 is 17.6 Å².